The number of fused-ring (bicyclic) bond motifs is 4. The molecule has 0 spiro atoms. The van der Waals surface area contributed by atoms with Gasteiger partial charge in [0.25, 0.3) is 0 Å². The highest BCUT2D eigenvalue weighted by atomic mass is 79.9. The molecule has 2 aromatic heterocycles. The summed E-state index contributed by atoms with van der Waals surface area (Å²) in [6.07, 6.45) is 0. The SMILES string of the molecule is Brc1ccc2nc(-c3ccc(-c4ccc(-n5c6ccccc6c6ccccc65)cc4)cc3)oc2c1. The lowest BCUT2D eigenvalue weighted by molar-refractivity contribution is 0.619. The third kappa shape index (κ3) is 3.37. The molecular weight excluding hydrogens is 496 g/mol. The van der Waals surface area contributed by atoms with Gasteiger partial charge < -0.3 is 8.98 Å². The molecule has 0 aliphatic rings. The van der Waals surface area contributed by atoms with Crippen molar-refractivity contribution >= 4 is 48.8 Å². The fraction of sp³-hybridized carbons (Fsp3) is 0. The highest BCUT2D eigenvalue weighted by Crippen LogP contribution is 2.33. The van der Waals surface area contributed by atoms with Gasteiger partial charge in [-0.15, -0.1) is 0 Å². The van der Waals surface area contributed by atoms with Crippen LogP contribution in [0.5, 0.6) is 0 Å². The van der Waals surface area contributed by atoms with Gasteiger partial charge in [-0.05, 0) is 65.7 Å². The van der Waals surface area contributed by atoms with E-state index in [1.165, 1.54) is 27.4 Å². The molecule has 0 saturated carbocycles. The minimum absolute atomic E-state index is 0.631. The lowest BCUT2D eigenvalue weighted by Gasteiger charge is -2.09. The Hall–Kier alpha value is -4.15. The van der Waals surface area contributed by atoms with Gasteiger partial charge in [0.1, 0.15) is 5.52 Å². The Balaban J connectivity index is 1.24. The maximum atomic E-state index is 5.96. The summed E-state index contributed by atoms with van der Waals surface area (Å²) in [6.45, 7) is 0. The van der Waals surface area contributed by atoms with Crippen LogP contribution in [0, 0.1) is 0 Å². The normalized spacial score (nSPS) is 11.6. The third-order valence-corrected chi connectivity index (χ3v) is 7.01. The average molecular weight is 515 g/mol. The fourth-order valence-corrected chi connectivity index (χ4v) is 5.17. The van der Waals surface area contributed by atoms with Gasteiger partial charge in [-0.3, -0.25) is 0 Å². The lowest BCUT2D eigenvalue weighted by atomic mass is 10.0. The summed E-state index contributed by atoms with van der Waals surface area (Å²) in [7, 11) is 0. The van der Waals surface area contributed by atoms with E-state index >= 15 is 0 Å². The monoisotopic (exact) mass is 514 g/mol. The van der Waals surface area contributed by atoms with E-state index in [-0.39, 0.29) is 0 Å². The number of para-hydroxylation sites is 2. The minimum Gasteiger partial charge on any atom is -0.436 e. The molecule has 0 atom stereocenters. The number of halogens is 1. The van der Waals surface area contributed by atoms with Crippen molar-refractivity contribution in [3.05, 3.63) is 120 Å². The predicted octanol–water partition coefficient (Wildman–Crippen LogP) is 9.02. The second kappa shape index (κ2) is 7.97. The summed E-state index contributed by atoms with van der Waals surface area (Å²) in [6, 6.07) is 40.2. The second-order valence-electron chi connectivity index (χ2n) is 8.62. The standard InChI is InChI=1S/C31H19BrN2O/c32-23-15-18-27-30(19-23)35-31(33-27)22-11-9-20(10-12-22)21-13-16-24(17-14-21)34-28-7-3-1-5-25(28)26-6-2-4-8-29(26)34/h1-19H. The van der Waals surface area contributed by atoms with Crippen molar-refractivity contribution in [1.82, 2.24) is 9.55 Å². The zero-order chi connectivity index (χ0) is 23.4. The van der Waals surface area contributed by atoms with E-state index in [1.807, 2.05) is 18.2 Å². The van der Waals surface area contributed by atoms with Gasteiger partial charge in [0, 0.05) is 26.5 Å². The first kappa shape index (κ1) is 20.2. The highest BCUT2D eigenvalue weighted by molar-refractivity contribution is 9.10. The van der Waals surface area contributed by atoms with Gasteiger partial charge in [0.05, 0.1) is 11.0 Å². The smallest absolute Gasteiger partial charge is 0.227 e. The van der Waals surface area contributed by atoms with Gasteiger partial charge in [0.15, 0.2) is 5.58 Å². The Morgan fingerprint density at radius 1 is 0.600 bits per heavy atom. The van der Waals surface area contributed by atoms with Gasteiger partial charge in [-0.2, -0.15) is 0 Å². The van der Waals surface area contributed by atoms with Gasteiger partial charge >= 0.3 is 0 Å². The number of hydrogen-bond acceptors (Lipinski definition) is 2. The number of oxazole rings is 1. The molecule has 0 bridgehead atoms. The summed E-state index contributed by atoms with van der Waals surface area (Å²) in [5.74, 6) is 0.631. The highest BCUT2D eigenvalue weighted by Gasteiger charge is 2.12. The van der Waals surface area contributed by atoms with Crippen LogP contribution in [-0.4, -0.2) is 9.55 Å². The molecule has 7 rings (SSSR count). The molecule has 0 radical (unpaired) electrons. The van der Waals surface area contributed by atoms with Crippen molar-refractivity contribution in [1.29, 1.82) is 0 Å². The van der Waals surface area contributed by atoms with E-state index in [0.29, 0.717) is 5.89 Å². The molecule has 4 heteroatoms. The van der Waals surface area contributed by atoms with Crippen LogP contribution in [-0.2, 0) is 0 Å². The molecule has 3 nitrogen and oxygen atoms in total. The van der Waals surface area contributed by atoms with Gasteiger partial charge in [0.2, 0.25) is 5.89 Å². The van der Waals surface area contributed by atoms with Crippen LogP contribution in [0.2, 0.25) is 0 Å². The van der Waals surface area contributed by atoms with Crippen LogP contribution >= 0.6 is 15.9 Å². The largest absolute Gasteiger partial charge is 0.436 e. The van der Waals surface area contributed by atoms with Crippen molar-refractivity contribution < 1.29 is 4.42 Å². The van der Waals surface area contributed by atoms with E-state index in [1.54, 1.807) is 0 Å². The van der Waals surface area contributed by atoms with Gasteiger partial charge in [-0.1, -0.05) is 76.6 Å². The minimum atomic E-state index is 0.631. The van der Waals surface area contributed by atoms with Crippen molar-refractivity contribution in [3.8, 4) is 28.3 Å². The zero-order valence-electron chi connectivity index (χ0n) is 18.7. The Labute approximate surface area is 210 Å². The van der Waals surface area contributed by atoms with Crippen LogP contribution in [0.1, 0.15) is 0 Å². The van der Waals surface area contributed by atoms with Crippen LogP contribution in [0.4, 0.5) is 0 Å². The van der Waals surface area contributed by atoms with E-state index in [4.69, 9.17) is 4.42 Å². The molecule has 5 aromatic carbocycles. The molecule has 0 saturated heterocycles. The number of rotatable bonds is 3. The summed E-state index contributed by atoms with van der Waals surface area (Å²) in [5.41, 5.74) is 8.51. The topological polar surface area (TPSA) is 31.0 Å². The first-order valence-electron chi connectivity index (χ1n) is 11.5. The number of nitrogens with zero attached hydrogens (tertiary/aromatic N) is 2. The van der Waals surface area contributed by atoms with Crippen LogP contribution in [0.25, 0.3) is 61.2 Å². The summed E-state index contributed by atoms with van der Waals surface area (Å²) in [5, 5.41) is 2.55. The second-order valence-corrected chi connectivity index (χ2v) is 9.54. The molecule has 0 amide bonds. The summed E-state index contributed by atoms with van der Waals surface area (Å²) >= 11 is 3.49. The molecule has 0 unspecified atom stereocenters. The van der Waals surface area contributed by atoms with E-state index < -0.39 is 0 Å². The quantitative estimate of drug-likeness (QED) is 0.235. The lowest BCUT2D eigenvalue weighted by Crippen LogP contribution is -1.93. The number of benzene rings is 5. The van der Waals surface area contributed by atoms with Crippen molar-refractivity contribution in [3.63, 3.8) is 0 Å². The average Bonchev–Trinajstić information content (AvgIpc) is 3.48. The Kier molecular flexibility index (Phi) is 4.61. The molecular formula is C31H19BrN2O. The summed E-state index contributed by atoms with van der Waals surface area (Å²) < 4.78 is 9.28. The molecule has 0 fully saturated rings. The van der Waals surface area contributed by atoms with Crippen molar-refractivity contribution in [2.24, 2.45) is 0 Å². The Bertz CT molecular complexity index is 1790. The third-order valence-electron chi connectivity index (χ3n) is 6.52. The Morgan fingerprint density at radius 3 is 1.83 bits per heavy atom. The van der Waals surface area contributed by atoms with Gasteiger partial charge in [-0.25, -0.2) is 4.98 Å². The molecule has 0 aliphatic heterocycles. The maximum absolute atomic E-state index is 5.96. The van der Waals surface area contributed by atoms with Crippen molar-refractivity contribution in [2.45, 2.75) is 0 Å². The number of hydrogen-bond donors (Lipinski definition) is 0. The molecule has 7 aromatic rings. The van der Waals surface area contributed by atoms with E-state index in [2.05, 4.69) is 123 Å². The first-order valence-corrected chi connectivity index (χ1v) is 12.3. The van der Waals surface area contributed by atoms with Crippen molar-refractivity contribution in [2.75, 3.05) is 0 Å². The van der Waals surface area contributed by atoms with Crippen LogP contribution in [0.15, 0.2) is 124 Å². The fourth-order valence-electron chi connectivity index (χ4n) is 4.83. The van der Waals surface area contributed by atoms with E-state index in [0.717, 1.165) is 32.4 Å². The molecule has 2 heterocycles. The molecule has 0 aliphatic carbocycles. The zero-order valence-corrected chi connectivity index (χ0v) is 20.2. The van der Waals surface area contributed by atoms with Crippen LogP contribution < -0.4 is 0 Å². The first-order chi connectivity index (χ1) is 17.2. The van der Waals surface area contributed by atoms with Crippen LogP contribution in [0.3, 0.4) is 0 Å². The number of aromatic nitrogens is 2. The van der Waals surface area contributed by atoms with E-state index in [9.17, 15) is 0 Å². The predicted molar refractivity (Wildman–Crippen MR) is 147 cm³/mol. The Morgan fingerprint density at radius 2 is 1.17 bits per heavy atom. The molecule has 166 valence electrons. The molecule has 0 N–H and O–H groups in total. The molecule has 35 heavy (non-hydrogen) atoms. The summed E-state index contributed by atoms with van der Waals surface area (Å²) in [4.78, 5) is 4.63. The maximum Gasteiger partial charge on any atom is 0.227 e.